The maximum Gasteiger partial charge on any atom is 0.270 e. The fraction of sp³-hybridized carbons (Fsp3) is 0.448. The molecule has 212 valence electrons. The number of carbonyl (C=O) groups is 2. The molecule has 1 saturated heterocycles. The Morgan fingerprint density at radius 2 is 1.95 bits per heavy atom. The molecule has 2 amide bonds. The fourth-order valence-electron chi connectivity index (χ4n) is 5.79. The number of rotatable bonds is 7. The number of amides is 2. The fourth-order valence-corrected chi connectivity index (χ4v) is 6.06. The van der Waals surface area contributed by atoms with Crippen LogP contribution in [0.25, 0.3) is 10.9 Å². The largest absolute Gasteiger partial charge is 0.368 e. The van der Waals surface area contributed by atoms with E-state index in [1.807, 2.05) is 56.1 Å². The van der Waals surface area contributed by atoms with Gasteiger partial charge < -0.3 is 24.9 Å². The molecule has 4 heterocycles. The minimum Gasteiger partial charge on any atom is -0.368 e. The van der Waals surface area contributed by atoms with Crippen LogP contribution >= 0.6 is 11.6 Å². The van der Waals surface area contributed by atoms with E-state index in [9.17, 15) is 9.59 Å². The molecule has 2 aliphatic heterocycles. The van der Waals surface area contributed by atoms with E-state index in [1.165, 1.54) is 6.08 Å². The van der Waals surface area contributed by atoms with Crippen molar-refractivity contribution in [1.82, 2.24) is 30.3 Å². The number of anilines is 2. The second kappa shape index (κ2) is 11.5. The van der Waals surface area contributed by atoms with Crippen LogP contribution in [0.1, 0.15) is 34.2 Å². The minimum atomic E-state index is -0.193. The molecule has 10 nitrogen and oxygen atoms in total. The maximum atomic E-state index is 13.4. The lowest BCUT2D eigenvalue weighted by atomic mass is 9.99. The summed E-state index contributed by atoms with van der Waals surface area (Å²) in [4.78, 5) is 38.8. The van der Waals surface area contributed by atoms with E-state index in [1.54, 1.807) is 0 Å². The van der Waals surface area contributed by atoms with Crippen molar-refractivity contribution in [2.45, 2.75) is 32.9 Å². The molecule has 11 heteroatoms. The molecule has 0 unspecified atom stereocenters. The zero-order chi connectivity index (χ0) is 28.6. The van der Waals surface area contributed by atoms with E-state index in [4.69, 9.17) is 16.6 Å². The number of hydrogen-bond donors (Lipinski definition) is 2. The predicted molar refractivity (Wildman–Crippen MR) is 159 cm³/mol. The molecule has 3 aromatic rings. The van der Waals surface area contributed by atoms with E-state index in [0.29, 0.717) is 43.4 Å². The number of likely N-dealkylation sites (N-methyl/N-ethyl adjacent to an activating group) is 1. The van der Waals surface area contributed by atoms with Crippen LogP contribution in [0.15, 0.2) is 31.0 Å². The zero-order valence-corrected chi connectivity index (χ0v) is 24.4. The van der Waals surface area contributed by atoms with Gasteiger partial charge in [0.1, 0.15) is 5.69 Å². The number of nitrogens with zero attached hydrogens (tertiary/aromatic N) is 6. The molecule has 0 spiro atoms. The third-order valence-corrected chi connectivity index (χ3v) is 8.15. The van der Waals surface area contributed by atoms with E-state index in [0.717, 1.165) is 58.6 Å². The normalized spacial score (nSPS) is 16.3. The van der Waals surface area contributed by atoms with E-state index in [-0.39, 0.29) is 17.9 Å². The van der Waals surface area contributed by atoms with Gasteiger partial charge in [0.05, 0.1) is 34.7 Å². The molecule has 40 heavy (non-hydrogen) atoms. The van der Waals surface area contributed by atoms with Crippen LogP contribution in [0.3, 0.4) is 0 Å². The molecule has 0 bridgehead atoms. The Balaban J connectivity index is 1.50. The minimum absolute atomic E-state index is 0.0331. The summed E-state index contributed by atoms with van der Waals surface area (Å²) in [6, 6.07) is 3.90. The summed E-state index contributed by atoms with van der Waals surface area (Å²) in [5.41, 5.74) is 6.27. The number of carbonyl (C=O) groups excluding carboxylic acids is 2. The molecule has 0 aliphatic carbocycles. The maximum absolute atomic E-state index is 13.4. The second-order valence-corrected chi connectivity index (χ2v) is 11.3. The Hall–Kier alpha value is -3.63. The van der Waals surface area contributed by atoms with Gasteiger partial charge in [-0.25, -0.2) is 4.98 Å². The Bertz CT molecular complexity index is 1440. The molecule has 1 atom stereocenters. The number of aromatic nitrogens is 3. The lowest BCUT2D eigenvalue weighted by Gasteiger charge is -2.39. The second-order valence-electron chi connectivity index (χ2n) is 11.0. The van der Waals surface area contributed by atoms with E-state index in [2.05, 4.69) is 31.9 Å². The third kappa shape index (κ3) is 5.51. The standard InChI is InChI=1S/C29H37ClN8O2/c1-6-26(39)37-11-9-36(10-12-37)25-14-23(29(40)32-19(3)16-35(4)5)33-24-17-38(8-7-20(24)25)28-21-15-31-34-22(21)13-18(2)27(28)30/h6,13-15,19H,1,7-12,16-17H2,2-5H3,(H,31,34)(H,32,40)/t19-/m1/s1. The first-order valence-corrected chi connectivity index (χ1v) is 14.1. The Morgan fingerprint density at radius 3 is 2.65 bits per heavy atom. The van der Waals surface area contributed by atoms with Gasteiger partial charge in [0, 0.05) is 61.9 Å². The number of benzene rings is 1. The van der Waals surface area contributed by atoms with Gasteiger partial charge in [0.2, 0.25) is 5.91 Å². The number of hydrogen-bond acceptors (Lipinski definition) is 7. The van der Waals surface area contributed by atoms with Gasteiger partial charge in [-0.05, 0) is 58.1 Å². The summed E-state index contributed by atoms with van der Waals surface area (Å²) in [5, 5.41) is 12.1. The Labute approximate surface area is 240 Å². The number of halogens is 1. The number of piperazine rings is 1. The third-order valence-electron chi connectivity index (χ3n) is 7.67. The molecule has 0 saturated carbocycles. The SMILES string of the molecule is C=CC(=O)N1CCN(c2cc(C(=O)N[C@H](C)CN(C)C)nc3c2CCN(c2c(Cl)c(C)cc4[nH]ncc24)C3)CC1. The summed E-state index contributed by atoms with van der Waals surface area (Å²) >= 11 is 6.85. The monoisotopic (exact) mass is 564 g/mol. The van der Waals surface area contributed by atoms with Crippen molar-refractivity contribution in [3.63, 3.8) is 0 Å². The van der Waals surface area contributed by atoms with Gasteiger partial charge in [-0.15, -0.1) is 0 Å². The Morgan fingerprint density at radius 1 is 1.20 bits per heavy atom. The van der Waals surface area contributed by atoms with Crippen LogP contribution in [0.4, 0.5) is 11.4 Å². The smallest absolute Gasteiger partial charge is 0.270 e. The quantitative estimate of drug-likeness (QED) is 0.425. The predicted octanol–water partition coefficient (Wildman–Crippen LogP) is 3.00. The average Bonchev–Trinajstić information content (AvgIpc) is 3.39. The van der Waals surface area contributed by atoms with Gasteiger partial charge in [-0.2, -0.15) is 5.10 Å². The highest BCUT2D eigenvalue weighted by atomic mass is 35.5. The van der Waals surface area contributed by atoms with Crippen molar-refractivity contribution in [3.05, 3.63) is 58.5 Å². The molecule has 2 N–H and O–H groups in total. The van der Waals surface area contributed by atoms with Crippen LogP contribution in [0.2, 0.25) is 5.02 Å². The molecular weight excluding hydrogens is 528 g/mol. The van der Waals surface area contributed by atoms with Crippen molar-refractivity contribution < 1.29 is 9.59 Å². The Kier molecular flexibility index (Phi) is 8.00. The molecule has 5 rings (SSSR count). The number of pyridine rings is 1. The lowest BCUT2D eigenvalue weighted by molar-refractivity contribution is -0.126. The first kappa shape index (κ1) is 27.9. The van der Waals surface area contributed by atoms with Crippen molar-refractivity contribution in [3.8, 4) is 0 Å². The van der Waals surface area contributed by atoms with Crippen LogP contribution in [-0.2, 0) is 17.8 Å². The van der Waals surface area contributed by atoms with E-state index < -0.39 is 0 Å². The first-order chi connectivity index (χ1) is 19.2. The number of nitrogens with one attached hydrogen (secondary N) is 2. The molecular formula is C29H37ClN8O2. The van der Waals surface area contributed by atoms with Gasteiger partial charge in [-0.3, -0.25) is 14.7 Å². The lowest BCUT2D eigenvalue weighted by Crippen LogP contribution is -2.49. The molecule has 1 fully saturated rings. The van der Waals surface area contributed by atoms with Gasteiger partial charge >= 0.3 is 0 Å². The molecule has 1 aromatic carbocycles. The summed E-state index contributed by atoms with van der Waals surface area (Å²) in [6.45, 7) is 12.2. The highest BCUT2D eigenvalue weighted by Crippen LogP contribution is 2.39. The summed E-state index contributed by atoms with van der Waals surface area (Å²) in [6.07, 6.45) is 3.93. The number of fused-ring (bicyclic) bond motifs is 2. The van der Waals surface area contributed by atoms with Gasteiger partial charge in [-0.1, -0.05) is 18.2 Å². The highest BCUT2D eigenvalue weighted by Gasteiger charge is 2.30. The van der Waals surface area contributed by atoms with Crippen LogP contribution in [0.5, 0.6) is 0 Å². The van der Waals surface area contributed by atoms with Crippen molar-refractivity contribution >= 4 is 45.7 Å². The summed E-state index contributed by atoms with van der Waals surface area (Å²) < 4.78 is 0. The number of aromatic amines is 1. The topological polar surface area (TPSA) is 101 Å². The molecule has 2 aliphatic rings. The summed E-state index contributed by atoms with van der Waals surface area (Å²) in [7, 11) is 3.97. The zero-order valence-electron chi connectivity index (χ0n) is 23.6. The molecule has 0 radical (unpaired) electrons. The average molecular weight is 565 g/mol. The van der Waals surface area contributed by atoms with Gasteiger partial charge in [0.25, 0.3) is 5.91 Å². The highest BCUT2D eigenvalue weighted by molar-refractivity contribution is 6.35. The van der Waals surface area contributed by atoms with Crippen LogP contribution in [-0.4, -0.2) is 96.2 Å². The van der Waals surface area contributed by atoms with Crippen LogP contribution < -0.4 is 15.1 Å². The number of aryl methyl sites for hydroxylation is 1. The first-order valence-electron chi connectivity index (χ1n) is 13.7. The van der Waals surface area contributed by atoms with Crippen molar-refractivity contribution in [1.29, 1.82) is 0 Å². The van der Waals surface area contributed by atoms with Crippen molar-refractivity contribution in [2.24, 2.45) is 0 Å². The van der Waals surface area contributed by atoms with Crippen LogP contribution in [0, 0.1) is 6.92 Å². The summed E-state index contributed by atoms with van der Waals surface area (Å²) in [5.74, 6) is -0.246. The van der Waals surface area contributed by atoms with Gasteiger partial charge in [0.15, 0.2) is 0 Å². The van der Waals surface area contributed by atoms with Crippen molar-refractivity contribution in [2.75, 3.05) is 63.2 Å². The number of H-pyrrole nitrogens is 1. The van der Waals surface area contributed by atoms with E-state index >= 15 is 0 Å². The molecule has 2 aromatic heterocycles.